The van der Waals surface area contributed by atoms with Gasteiger partial charge in [0.2, 0.25) is 5.91 Å². The molecule has 0 bridgehead atoms. The molecule has 4 nitrogen and oxygen atoms in total. The summed E-state index contributed by atoms with van der Waals surface area (Å²) in [6.45, 7) is 2.01. The van der Waals surface area contributed by atoms with Crippen LogP contribution in [0.15, 0.2) is 54.6 Å². The van der Waals surface area contributed by atoms with Gasteiger partial charge in [-0.3, -0.25) is 4.79 Å². The number of benzene rings is 2. The highest BCUT2D eigenvalue weighted by Gasteiger charge is 2.42. The summed E-state index contributed by atoms with van der Waals surface area (Å²) in [5, 5.41) is 0. The summed E-state index contributed by atoms with van der Waals surface area (Å²) in [5.74, 6) is 2.17. The predicted molar refractivity (Wildman–Crippen MR) is 102 cm³/mol. The standard InChI is InChI=1S/C22H26N2O2/c23-20-14-24(13-19(20)17-10-11-17)22(25)12-18-8-4-5-9-21(18)26-15-16-6-2-1-3-7-16/h1-9,17,19-20H,10-15,23H2/t19-,20+/m1/s1. The Bertz CT molecular complexity index is 758. The Hall–Kier alpha value is -2.33. The highest BCUT2D eigenvalue weighted by molar-refractivity contribution is 5.80. The Labute approximate surface area is 155 Å². The van der Waals surface area contributed by atoms with Crippen LogP contribution in [-0.4, -0.2) is 29.9 Å². The molecule has 0 radical (unpaired) electrons. The number of carbonyl (C=O) groups is 1. The molecular formula is C22H26N2O2. The molecule has 2 aromatic carbocycles. The van der Waals surface area contributed by atoms with E-state index in [0.29, 0.717) is 25.5 Å². The van der Waals surface area contributed by atoms with E-state index >= 15 is 0 Å². The Kier molecular flexibility index (Phi) is 4.93. The summed E-state index contributed by atoms with van der Waals surface area (Å²) in [7, 11) is 0. The van der Waals surface area contributed by atoms with Crippen LogP contribution in [0, 0.1) is 11.8 Å². The van der Waals surface area contributed by atoms with E-state index < -0.39 is 0 Å². The van der Waals surface area contributed by atoms with Crippen LogP contribution in [0.5, 0.6) is 5.75 Å². The molecule has 2 atom stereocenters. The number of carbonyl (C=O) groups excluding carboxylic acids is 1. The average molecular weight is 350 g/mol. The van der Waals surface area contributed by atoms with Crippen LogP contribution in [0.25, 0.3) is 0 Å². The van der Waals surface area contributed by atoms with Crippen molar-refractivity contribution in [2.75, 3.05) is 13.1 Å². The van der Waals surface area contributed by atoms with Crippen LogP contribution in [0.2, 0.25) is 0 Å². The largest absolute Gasteiger partial charge is 0.489 e. The minimum absolute atomic E-state index is 0.135. The zero-order valence-electron chi connectivity index (χ0n) is 15.0. The minimum Gasteiger partial charge on any atom is -0.489 e. The van der Waals surface area contributed by atoms with E-state index in [2.05, 4.69) is 0 Å². The smallest absolute Gasteiger partial charge is 0.227 e. The van der Waals surface area contributed by atoms with Gasteiger partial charge >= 0.3 is 0 Å². The van der Waals surface area contributed by atoms with Crippen molar-refractivity contribution in [1.29, 1.82) is 0 Å². The summed E-state index contributed by atoms with van der Waals surface area (Å²) >= 11 is 0. The number of hydrogen-bond acceptors (Lipinski definition) is 3. The lowest BCUT2D eigenvalue weighted by atomic mass is 9.99. The quantitative estimate of drug-likeness (QED) is 0.871. The summed E-state index contributed by atoms with van der Waals surface area (Å²) in [4.78, 5) is 14.7. The van der Waals surface area contributed by atoms with Gasteiger partial charge in [0.15, 0.2) is 0 Å². The highest BCUT2D eigenvalue weighted by atomic mass is 16.5. The number of hydrogen-bond donors (Lipinski definition) is 1. The first kappa shape index (κ1) is 17.1. The lowest BCUT2D eigenvalue weighted by Gasteiger charge is -2.18. The molecule has 1 saturated carbocycles. The van der Waals surface area contributed by atoms with Crippen LogP contribution >= 0.6 is 0 Å². The van der Waals surface area contributed by atoms with E-state index in [-0.39, 0.29) is 11.9 Å². The molecule has 26 heavy (non-hydrogen) atoms. The fourth-order valence-corrected chi connectivity index (χ4v) is 3.88. The van der Waals surface area contributed by atoms with Crippen LogP contribution in [0.4, 0.5) is 0 Å². The van der Waals surface area contributed by atoms with Crippen molar-refractivity contribution in [3.8, 4) is 5.75 Å². The second kappa shape index (κ2) is 7.50. The number of likely N-dealkylation sites (tertiary alicyclic amines) is 1. The van der Waals surface area contributed by atoms with Gasteiger partial charge in [-0.1, -0.05) is 48.5 Å². The average Bonchev–Trinajstić information content (AvgIpc) is 3.43. The Balaban J connectivity index is 1.39. The fraction of sp³-hybridized carbons (Fsp3) is 0.409. The molecule has 1 saturated heterocycles. The van der Waals surface area contributed by atoms with E-state index in [1.807, 2.05) is 59.5 Å². The Morgan fingerprint density at radius 1 is 1.04 bits per heavy atom. The molecule has 4 heteroatoms. The van der Waals surface area contributed by atoms with E-state index in [1.165, 1.54) is 12.8 Å². The number of nitrogens with zero attached hydrogens (tertiary/aromatic N) is 1. The topological polar surface area (TPSA) is 55.6 Å². The minimum atomic E-state index is 0.135. The number of ether oxygens (including phenoxy) is 1. The lowest BCUT2D eigenvalue weighted by Crippen LogP contribution is -2.33. The molecule has 2 aromatic rings. The molecule has 1 aliphatic carbocycles. The molecule has 1 heterocycles. The van der Waals surface area contributed by atoms with E-state index in [1.54, 1.807) is 0 Å². The summed E-state index contributed by atoms with van der Waals surface area (Å²) in [6.07, 6.45) is 2.92. The molecule has 2 fully saturated rings. The maximum absolute atomic E-state index is 12.8. The molecule has 4 rings (SSSR count). The Morgan fingerprint density at radius 2 is 1.77 bits per heavy atom. The highest BCUT2D eigenvalue weighted by Crippen LogP contribution is 2.41. The molecular weight excluding hydrogens is 324 g/mol. The van der Waals surface area contributed by atoms with Crippen molar-refractivity contribution in [3.05, 3.63) is 65.7 Å². The third-order valence-corrected chi connectivity index (χ3v) is 5.54. The van der Waals surface area contributed by atoms with Gasteiger partial charge in [-0.15, -0.1) is 0 Å². The van der Waals surface area contributed by atoms with Gasteiger partial charge in [-0.2, -0.15) is 0 Å². The van der Waals surface area contributed by atoms with Crippen molar-refractivity contribution in [2.24, 2.45) is 17.6 Å². The first-order chi connectivity index (χ1) is 12.7. The molecule has 1 aliphatic heterocycles. The van der Waals surface area contributed by atoms with Crippen LogP contribution in [0.1, 0.15) is 24.0 Å². The van der Waals surface area contributed by atoms with Crippen molar-refractivity contribution < 1.29 is 9.53 Å². The summed E-state index contributed by atoms with van der Waals surface area (Å²) < 4.78 is 5.98. The number of nitrogens with two attached hydrogens (primary N) is 1. The SMILES string of the molecule is N[C@H]1CN(C(=O)Cc2ccccc2OCc2ccccc2)C[C@@H]1C1CC1. The van der Waals surface area contributed by atoms with Gasteiger partial charge in [0.1, 0.15) is 12.4 Å². The molecule has 0 unspecified atom stereocenters. The number of para-hydroxylation sites is 1. The van der Waals surface area contributed by atoms with Crippen LogP contribution < -0.4 is 10.5 Å². The fourth-order valence-electron chi connectivity index (χ4n) is 3.88. The third-order valence-electron chi connectivity index (χ3n) is 5.54. The van der Waals surface area contributed by atoms with Gasteiger partial charge in [-0.05, 0) is 36.3 Å². The van der Waals surface area contributed by atoms with Gasteiger partial charge in [0.05, 0.1) is 6.42 Å². The monoisotopic (exact) mass is 350 g/mol. The van der Waals surface area contributed by atoms with Crippen molar-refractivity contribution >= 4 is 5.91 Å². The van der Waals surface area contributed by atoms with Crippen molar-refractivity contribution in [2.45, 2.75) is 31.9 Å². The normalized spacial score (nSPS) is 22.4. The van der Waals surface area contributed by atoms with Gasteiger partial charge in [0, 0.05) is 24.7 Å². The molecule has 1 amide bonds. The first-order valence-corrected chi connectivity index (χ1v) is 9.48. The summed E-state index contributed by atoms with van der Waals surface area (Å²) in [6, 6.07) is 18.0. The predicted octanol–water partition coefficient (Wildman–Crippen LogP) is 3.00. The Morgan fingerprint density at radius 3 is 2.54 bits per heavy atom. The second-order valence-corrected chi connectivity index (χ2v) is 7.52. The zero-order chi connectivity index (χ0) is 17.9. The lowest BCUT2D eigenvalue weighted by molar-refractivity contribution is -0.129. The molecule has 0 aromatic heterocycles. The maximum atomic E-state index is 12.8. The second-order valence-electron chi connectivity index (χ2n) is 7.52. The molecule has 2 N–H and O–H groups in total. The van der Waals surface area contributed by atoms with Crippen molar-refractivity contribution in [3.63, 3.8) is 0 Å². The van der Waals surface area contributed by atoms with Gasteiger partial charge in [0.25, 0.3) is 0 Å². The van der Waals surface area contributed by atoms with E-state index in [0.717, 1.165) is 29.3 Å². The van der Waals surface area contributed by atoms with Gasteiger partial charge < -0.3 is 15.4 Å². The first-order valence-electron chi connectivity index (χ1n) is 9.48. The molecule has 136 valence electrons. The zero-order valence-corrected chi connectivity index (χ0v) is 15.0. The van der Waals surface area contributed by atoms with Crippen molar-refractivity contribution in [1.82, 2.24) is 4.90 Å². The van der Waals surface area contributed by atoms with E-state index in [9.17, 15) is 4.79 Å². The van der Waals surface area contributed by atoms with Crippen LogP contribution in [0.3, 0.4) is 0 Å². The number of rotatable bonds is 6. The maximum Gasteiger partial charge on any atom is 0.227 e. The van der Waals surface area contributed by atoms with Crippen LogP contribution in [-0.2, 0) is 17.8 Å². The summed E-state index contributed by atoms with van der Waals surface area (Å²) in [5.41, 5.74) is 8.32. The number of amides is 1. The third kappa shape index (κ3) is 3.91. The molecule has 0 spiro atoms. The van der Waals surface area contributed by atoms with E-state index in [4.69, 9.17) is 10.5 Å². The molecule has 2 aliphatic rings. The van der Waals surface area contributed by atoms with Gasteiger partial charge in [-0.25, -0.2) is 0 Å².